The summed E-state index contributed by atoms with van der Waals surface area (Å²) in [5.41, 5.74) is 2.14. The molecule has 6 nitrogen and oxygen atoms in total. The van der Waals surface area contributed by atoms with Gasteiger partial charge in [0.2, 0.25) is 0 Å². The van der Waals surface area contributed by atoms with Crippen molar-refractivity contribution in [2.24, 2.45) is 0 Å². The molecule has 4 aromatic rings. The minimum atomic E-state index is -3.98. The molecule has 0 aromatic heterocycles. The van der Waals surface area contributed by atoms with Crippen LogP contribution in [0.2, 0.25) is 5.02 Å². The van der Waals surface area contributed by atoms with Crippen molar-refractivity contribution in [2.75, 3.05) is 4.72 Å². The van der Waals surface area contributed by atoms with Gasteiger partial charge in [0, 0.05) is 11.1 Å². The van der Waals surface area contributed by atoms with E-state index in [1.165, 1.54) is 24.3 Å². The maximum Gasteiger partial charge on any atom is 0.343 e. The predicted octanol–water partition coefficient (Wildman–Crippen LogP) is 6.25. The van der Waals surface area contributed by atoms with Gasteiger partial charge in [0.1, 0.15) is 6.61 Å². The van der Waals surface area contributed by atoms with Crippen molar-refractivity contribution in [2.45, 2.75) is 18.4 Å². The maximum atomic E-state index is 13.1. The monoisotopic (exact) mass is 507 g/mol. The van der Waals surface area contributed by atoms with Gasteiger partial charge in [0.25, 0.3) is 10.0 Å². The van der Waals surface area contributed by atoms with E-state index < -0.39 is 16.0 Å². The highest BCUT2D eigenvalue weighted by atomic mass is 35.5. The number of hydrogen-bond acceptors (Lipinski definition) is 5. The molecule has 0 radical (unpaired) electrons. The fourth-order valence-corrected chi connectivity index (χ4v) is 4.51. The molecule has 0 saturated heterocycles. The standard InChI is InChI=1S/C27H22ClNO5S/c1-19-12-14-23(15-13-19)35(31,32)29-24-16-22(28)17-25(34-27(30)21-10-6-3-7-11-21)26(24)33-18-20-8-4-2-5-9-20/h2-17,29H,18H2,1H3. The van der Waals surface area contributed by atoms with Gasteiger partial charge in [0.15, 0.2) is 11.5 Å². The minimum Gasteiger partial charge on any atom is -0.483 e. The smallest absolute Gasteiger partial charge is 0.343 e. The number of anilines is 1. The van der Waals surface area contributed by atoms with Crippen molar-refractivity contribution in [3.8, 4) is 11.5 Å². The van der Waals surface area contributed by atoms with Gasteiger partial charge in [-0.1, -0.05) is 77.8 Å². The Kier molecular flexibility index (Phi) is 7.39. The van der Waals surface area contributed by atoms with Crippen LogP contribution in [-0.2, 0) is 16.6 Å². The largest absolute Gasteiger partial charge is 0.483 e. The lowest BCUT2D eigenvalue weighted by Crippen LogP contribution is -2.15. The molecule has 178 valence electrons. The first-order valence-electron chi connectivity index (χ1n) is 10.7. The lowest BCUT2D eigenvalue weighted by atomic mass is 10.2. The Morgan fingerprint density at radius 2 is 1.51 bits per heavy atom. The summed E-state index contributed by atoms with van der Waals surface area (Å²) in [5, 5.41) is 0.162. The molecule has 0 bridgehead atoms. The molecule has 0 aliphatic carbocycles. The number of hydrogen-bond donors (Lipinski definition) is 1. The van der Waals surface area contributed by atoms with Crippen LogP contribution in [0.1, 0.15) is 21.5 Å². The highest BCUT2D eigenvalue weighted by molar-refractivity contribution is 7.92. The molecule has 0 unspecified atom stereocenters. The number of ether oxygens (including phenoxy) is 2. The van der Waals surface area contributed by atoms with Gasteiger partial charge in [-0.2, -0.15) is 0 Å². The average molecular weight is 508 g/mol. The van der Waals surface area contributed by atoms with E-state index in [9.17, 15) is 13.2 Å². The number of sulfonamides is 1. The van der Waals surface area contributed by atoms with Crippen LogP contribution >= 0.6 is 11.6 Å². The van der Waals surface area contributed by atoms with E-state index >= 15 is 0 Å². The molecule has 4 rings (SSSR count). The topological polar surface area (TPSA) is 81.7 Å². The van der Waals surface area contributed by atoms with Crippen LogP contribution in [0.5, 0.6) is 11.5 Å². The van der Waals surface area contributed by atoms with E-state index in [4.69, 9.17) is 21.1 Å². The van der Waals surface area contributed by atoms with Crippen LogP contribution in [0.15, 0.2) is 102 Å². The van der Waals surface area contributed by atoms with Crippen LogP contribution in [-0.4, -0.2) is 14.4 Å². The van der Waals surface area contributed by atoms with Gasteiger partial charge in [0.05, 0.1) is 16.1 Å². The van der Waals surface area contributed by atoms with Gasteiger partial charge in [-0.3, -0.25) is 4.72 Å². The summed E-state index contributed by atoms with van der Waals surface area (Å²) in [6.45, 7) is 1.97. The SMILES string of the molecule is Cc1ccc(S(=O)(=O)Nc2cc(Cl)cc(OC(=O)c3ccccc3)c2OCc2ccccc2)cc1. The lowest BCUT2D eigenvalue weighted by Gasteiger charge is -2.18. The molecule has 0 spiro atoms. The molecule has 0 amide bonds. The molecule has 0 aliphatic heterocycles. The number of carbonyl (C=O) groups is 1. The first-order valence-corrected chi connectivity index (χ1v) is 12.5. The molecular weight excluding hydrogens is 486 g/mol. The summed E-state index contributed by atoms with van der Waals surface area (Å²) in [7, 11) is -3.98. The van der Waals surface area contributed by atoms with Crippen molar-refractivity contribution in [1.82, 2.24) is 0 Å². The molecular formula is C27H22ClNO5S. The Morgan fingerprint density at radius 3 is 2.17 bits per heavy atom. The van der Waals surface area contributed by atoms with E-state index in [1.807, 2.05) is 37.3 Å². The van der Waals surface area contributed by atoms with Crippen LogP contribution in [0.3, 0.4) is 0 Å². The molecule has 0 aliphatic rings. The van der Waals surface area contributed by atoms with Crippen molar-refractivity contribution in [1.29, 1.82) is 0 Å². The second-order valence-corrected chi connectivity index (χ2v) is 9.85. The average Bonchev–Trinajstić information content (AvgIpc) is 2.84. The zero-order chi connectivity index (χ0) is 24.8. The summed E-state index contributed by atoms with van der Waals surface area (Å²) >= 11 is 6.28. The molecule has 0 saturated carbocycles. The van der Waals surface area contributed by atoms with Crippen LogP contribution < -0.4 is 14.2 Å². The van der Waals surface area contributed by atoms with E-state index in [0.29, 0.717) is 5.56 Å². The molecule has 1 N–H and O–H groups in total. The van der Waals surface area contributed by atoms with E-state index in [1.54, 1.807) is 42.5 Å². The summed E-state index contributed by atoms with van der Waals surface area (Å²) in [5.74, 6) is -0.605. The molecule has 0 fully saturated rings. The second kappa shape index (κ2) is 10.6. The number of esters is 1. The van der Waals surface area contributed by atoms with Crippen molar-refractivity contribution in [3.05, 3.63) is 119 Å². The molecule has 0 atom stereocenters. The van der Waals surface area contributed by atoms with Crippen molar-refractivity contribution >= 4 is 33.3 Å². The van der Waals surface area contributed by atoms with Crippen LogP contribution in [0.4, 0.5) is 5.69 Å². The highest BCUT2D eigenvalue weighted by Gasteiger charge is 2.22. The number of benzene rings is 4. The fraction of sp³-hybridized carbons (Fsp3) is 0.0741. The Bertz CT molecular complexity index is 1420. The Labute approximate surface area is 209 Å². The number of aryl methyl sites for hydroxylation is 1. The van der Waals surface area contributed by atoms with Crippen LogP contribution in [0, 0.1) is 6.92 Å². The highest BCUT2D eigenvalue weighted by Crippen LogP contribution is 2.40. The lowest BCUT2D eigenvalue weighted by molar-refractivity contribution is 0.0728. The van der Waals surface area contributed by atoms with Crippen molar-refractivity contribution < 1.29 is 22.7 Å². The zero-order valence-corrected chi connectivity index (χ0v) is 20.3. The summed E-state index contributed by atoms with van der Waals surface area (Å²) in [6.07, 6.45) is 0. The van der Waals surface area contributed by atoms with Gasteiger partial charge < -0.3 is 9.47 Å². The molecule has 8 heteroatoms. The summed E-state index contributed by atoms with van der Waals surface area (Å²) in [4.78, 5) is 12.8. The van der Waals surface area contributed by atoms with E-state index in [0.717, 1.165) is 11.1 Å². The van der Waals surface area contributed by atoms with Crippen molar-refractivity contribution in [3.63, 3.8) is 0 Å². The van der Waals surface area contributed by atoms with Gasteiger partial charge in [-0.25, -0.2) is 13.2 Å². The van der Waals surface area contributed by atoms with Gasteiger partial charge in [-0.15, -0.1) is 0 Å². The third kappa shape index (κ3) is 6.20. The maximum absolute atomic E-state index is 13.1. The Hall–Kier alpha value is -3.81. The first kappa shape index (κ1) is 24.3. The van der Waals surface area contributed by atoms with Gasteiger partial charge >= 0.3 is 5.97 Å². The summed E-state index contributed by atoms with van der Waals surface area (Å²) < 4.78 is 40.3. The number of nitrogens with one attached hydrogen (secondary N) is 1. The van der Waals surface area contributed by atoms with Crippen LogP contribution in [0.25, 0.3) is 0 Å². The normalized spacial score (nSPS) is 11.0. The fourth-order valence-electron chi connectivity index (χ4n) is 3.25. The number of halogens is 1. The minimum absolute atomic E-state index is 0.0103. The second-order valence-electron chi connectivity index (χ2n) is 7.73. The number of carbonyl (C=O) groups excluding carboxylic acids is 1. The first-order chi connectivity index (χ1) is 16.8. The van der Waals surface area contributed by atoms with E-state index in [2.05, 4.69) is 4.72 Å². The Morgan fingerprint density at radius 1 is 0.886 bits per heavy atom. The predicted molar refractivity (Wildman–Crippen MR) is 136 cm³/mol. The Balaban J connectivity index is 1.72. The zero-order valence-electron chi connectivity index (χ0n) is 18.8. The molecule has 4 aromatic carbocycles. The number of rotatable bonds is 8. The van der Waals surface area contributed by atoms with E-state index in [-0.39, 0.29) is 33.7 Å². The quantitative estimate of drug-likeness (QED) is 0.225. The molecule has 35 heavy (non-hydrogen) atoms. The van der Waals surface area contributed by atoms with Gasteiger partial charge in [-0.05, 0) is 42.8 Å². The summed E-state index contributed by atoms with van der Waals surface area (Å²) in [6, 6.07) is 27.0. The third-order valence-electron chi connectivity index (χ3n) is 5.03. The third-order valence-corrected chi connectivity index (χ3v) is 6.63. The molecule has 0 heterocycles.